The average molecular weight is 289 g/mol. The minimum atomic E-state index is -0.758. The Balaban J connectivity index is 2.17. The molecule has 112 valence electrons. The Morgan fingerprint density at radius 2 is 2.10 bits per heavy atom. The summed E-state index contributed by atoms with van der Waals surface area (Å²) < 4.78 is 4.68. The third-order valence-electron chi connectivity index (χ3n) is 3.71. The summed E-state index contributed by atoms with van der Waals surface area (Å²) >= 11 is 0. The number of hydrogen-bond donors (Lipinski definition) is 2. The number of piperidine rings is 1. The third kappa shape index (κ3) is 2.99. The van der Waals surface area contributed by atoms with Gasteiger partial charge in [0, 0.05) is 25.2 Å². The van der Waals surface area contributed by atoms with E-state index in [0.29, 0.717) is 30.0 Å². The van der Waals surface area contributed by atoms with Gasteiger partial charge in [0.2, 0.25) is 0 Å². The first-order chi connectivity index (χ1) is 9.93. The van der Waals surface area contributed by atoms with Crippen molar-refractivity contribution >= 4 is 28.8 Å². The van der Waals surface area contributed by atoms with E-state index in [-0.39, 0.29) is 12.3 Å². The Morgan fingerprint density at radius 1 is 1.38 bits per heavy atom. The molecule has 0 aliphatic carbocycles. The van der Waals surface area contributed by atoms with Crippen LogP contribution in [0.15, 0.2) is 24.8 Å². The highest BCUT2D eigenvalue weighted by molar-refractivity contribution is 6.00. The largest absolute Gasteiger partial charge is 0.468 e. The normalized spacial score (nSPS) is 18.4. The van der Waals surface area contributed by atoms with Crippen molar-refractivity contribution in [1.82, 2.24) is 4.90 Å². The van der Waals surface area contributed by atoms with E-state index in [1.54, 1.807) is 12.1 Å². The third-order valence-corrected chi connectivity index (χ3v) is 3.71. The Hall–Kier alpha value is -2.50. The number of methoxy groups -OCH3 is 1. The van der Waals surface area contributed by atoms with Crippen molar-refractivity contribution in [2.75, 3.05) is 31.7 Å². The number of hydrogen-bond acceptors (Lipinski definition) is 6. The van der Waals surface area contributed by atoms with Gasteiger partial charge in [-0.05, 0) is 17.7 Å². The summed E-state index contributed by atoms with van der Waals surface area (Å²) in [5, 5.41) is 0. The van der Waals surface area contributed by atoms with E-state index in [1.807, 2.05) is 11.0 Å². The molecular weight excluding hydrogens is 270 g/mol. The Labute approximate surface area is 123 Å². The molecule has 1 saturated heterocycles. The number of nitrogens with zero attached hydrogens (tertiary/aromatic N) is 1. The van der Waals surface area contributed by atoms with Crippen LogP contribution in [0.4, 0.5) is 11.4 Å². The number of nitrogen functional groups attached to an aromatic ring is 2. The van der Waals surface area contributed by atoms with Crippen LogP contribution in [0.3, 0.4) is 0 Å². The highest BCUT2D eigenvalue weighted by atomic mass is 16.5. The molecular formula is C15H19N3O3. The fourth-order valence-corrected chi connectivity index (χ4v) is 2.36. The highest BCUT2D eigenvalue weighted by Gasteiger charge is 2.34. The molecule has 0 bridgehead atoms. The number of carbonyl (C=O) groups excluding carboxylic acids is 2. The molecule has 0 aromatic heterocycles. The Kier molecular flexibility index (Phi) is 4.16. The van der Waals surface area contributed by atoms with Gasteiger partial charge in [0.15, 0.2) is 5.78 Å². The number of esters is 1. The molecule has 1 aromatic carbocycles. The monoisotopic (exact) mass is 289 g/mol. The van der Waals surface area contributed by atoms with E-state index in [4.69, 9.17) is 11.5 Å². The zero-order valence-electron chi connectivity index (χ0n) is 12.0. The van der Waals surface area contributed by atoms with Gasteiger partial charge in [0.05, 0.1) is 18.5 Å². The van der Waals surface area contributed by atoms with Crippen LogP contribution in [-0.2, 0) is 14.3 Å². The summed E-state index contributed by atoms with van der Waals surface area (Å²) in [6.07, 6.45) is 0.295. The zero-order chi connectivity index (χ0) is 15.6. The van der Waals surface area contributed by atoms with Gasteiger partial charge in [-0.15, -0.1) is 0 Å². The summed E-state index contributed by atoms with van der Waals surface area (Å²) in [6.45, 7) is 4.83. The van der Waals surface area contributed by atoms with Gasteiger partial charge in [-0.1, -0.05) is 12.6 Å². The molecule has 1 heterocycles. The second kappa shape index (κ2) is 5.87. The maximum absolute atomic E-state index is 11.8. The molecule has 1 aliphatic heterocycles. The van der Waals surface area contributed by atoms with E-state index in [1.165, 1.54) is 7.11 Å². The summed E-state index contributed by atoms with van der Waals surface area (Å²) in [4.78, 5) is 25.3. The van der Waals surface area contributed by atoms with E-state index in [2.05, 4.69) is 11.3 Å². The molecule has 0 spiro atoms. The minimum Gasteiger partial charge on any atom is -0.468 e. The molecule has 2 rings (SSSR count). The highest BCUT2D eigenvalue weighted by Crippen LogP contribution is 2.27. The van der Waals surface area contributed by atoms with Gasteiger partial charge >= 0.3 is 5.97 Å². The molecule has 21 heavy (non-hydrogen) atoms. The van der Waals surface area contributed by atoms with Gasteiger partial charge < -0.3 is 21.1 Å². The molecule has 0 amide bonds. The number of anilines is 2. The van der Waals surface area contributed by atoms with E-state index < -0.39 is 11.9 Å². The van der Waals surface area contributed by atoms with Crippen molar-refractivity contribution < 1.29 is 14.3 Å². The predicted octanol–water partition coefficient (Wildman–Crippen LogP) is 0.886. The van der Waals surface area contributed by atoms with Gasteiger partial charge in [-0.2, -0.15) is 0 Å². The molecule has 1 atom stereocenters. The number of benzene rings is 1. The lowest BCUT2D eigenvalue weighted by Crippen LogP contribution is -2.43. The molecule has 4 N–H and O–H groups in total. The molecule has 1 aliphatic rings. The van der Waals surface area contributed by atoms with E-state index >= 15 is 0 Å². The molecule has 0 saturated carbocycles. The van der Waals surface area contributed by atoms with Gasteiger partial charge in [0.25, 0.3) is 0 Å². The zero-order valence-corrected chi connectivity index (χ0v) is 12.0. The fourth-order valence-electron chi connectivity index (χ4n) is 2.36. The first-order valence-electron chi connectivity index (χ1n) is 6.63. The number of ether oxygens (including phenoxy) is 1. The predicted molar refractivity (Wildman–Crippen MR) is 81.0 cm³/mol. The first-order valence-corrected chi connectivity index (χ1v) is 6.63. The molecule has 6 heteroatoms. The SMILES string of the molecule is C=C(c1ccc(N)c(N)c1)N1CCC(=O)C(C(=O)OC)C1. The van der Waals surface area contributed by atoms with Crippen molar-refractivity contribution in [3.63, 3.8) is 0 Å². The second-order valence-electron chi connectivity index (χ2n) is 5.03. The number of ketones is 1. The van der Waals surface area contributed by atoms with Crippen molar-refractivity contribution in [3.05, 3.63) is 30.3 Å². The molecule has 0 radical (unpaired) electrons. The average Bonchev–Trinajstić information content (AvgIpc) is 2.49. The van der Waals surface area contributed by atoms with Gasteiger partial charge in [-0.25, -0.2) is 0 Å². The van der Waals surface area contributed by atoms with Crippen LogP contribution in [0.5, 0.6) is 0 Å². The van der Waals surface area contributed by atoms with Crippen LogP contribution in [0.2, 0.25) is 0 Å². The van der Waals surface area contributed by atoms with Crippen molar-refractivity contribution in [2.24, 2.45) is 5.92 Å². The van der Waals surface area contributed by atoms with Crippen LogP contribution in [0.1, 0.15) is 12.0 Å². The van der Waals surface area contributed by atoms with E-state index in [9.17, 15) is 9.59 Å². The maximum Gasteiger partial charge on any atom is 0.318 e. The number of likely N-dealkylation sites (tertiary alicyclic amines) is 1. The topological polar surface area (TPSA) is 98.6 Å². The van der Waals surface area contributed by atoms with Crippen LogP contribution in [-0.4, -0.2) is 36.9 Å². The Morgan fingerprint density at radius 3 is 2.71 bits per heavy atom. The number of nitrogens with two attached hydrogens (primary N) is 2. The number of carbonyl (C=O) groups is 2. The fraction of sp³-hybridized carbons (Fsp3) is 0.333. The van der Waals surface area contributed by atoms with Crippen LogP contribution >= 0.6 is 0 Å². The maximum atomic E-state index is 11.8. The van der Waals surface area contributed by atoms with E-state index in [0.717, 1.165) is 5.56 Å². The number of rotatable bonds is 3. The summed E-state index contributed by atoms with van der Waals surface area (Å²) in [7, 11) is 1.28. The molecule has 1 fully saturated rings. The summed E-state index contributed by atoms with van der Waals surface area (Å²) in [6, 6.07) is 5.27. The van der Waals surface area contributed by atoms with Crippen molar-refractivity contribution in [1.29, 1.82) is 0 Å². The summed E-state index contributed by atoms with van der Waals surface area (Å²) in [5.74, 6) is -1.36. The minimum absolute atomic E-state index is 0.0947. The van der Waals surface area contributed by atoms with Crippen LogP contribution in [0.25, 0.3) is 5.70 Å². The standard InChI is InChI=1S/C15H19N3O3/c1-9(10-3-4-12(16)13(17)7-10)18-6-5-14(19)11(8-18)15(20)21-2/h3-4,7,11H,1,5-6,8,16-17H2,2H3. The van der Waals surface area contributed by atoms with Crippen LogP contribution in [0, 0.1) is 5.92 Å². The second-order valence-corrected chi connectivity index (χ2v) is 5.03. The van der Waals surface area contributed by atoms with Crippen molar-refractivity contribution in [3.8, 4) is 0 Å². The lowest BCUT2D eigenvalue weighted by atomic mass is 9.95. The van der Waals surface area contributed by atoms with Gasteiger partial charge in [0.1, 0.15) is 5.92 Å². The van der Waals surface area contributed by atoms with Crippen LogP contribution < -0.4 is 11.5 Å². The van der Waals surface area contributed by atoms with Gasteiger partial charge in [-0.3, -0.25) is 9.59 Å². The lowest BCUT2D eigenvalue weighted by Gasteiger charge is -2.33. The molecule has 1 aromatic rings. The smallest absolute Gasteiger partial charge is 0.318 e. The van der Waals surface area contributed by atoms with Crippen molar-refractivity contribution in [2.45, 2.75) is 6.42 Å². The quantitative estimate of drug-likeness (QED) is 0.487. The molecule has 6 nitrogen and oxygen atoms in total. The Bertz CT molecular complexity index is 590. The summed E-state index contributed by atoms with van der Waals surface area (Å²) in [5.41, 5.74) is 14.0. The first kappa shape index (κ1) is 14.9. The lowest BCUT2D eigenvalue weighted by molar-refractivity contribution is -0.151. The molecule has 1 unspecified atom stereocenters. The number of Topliss-reactive ketones (excluding diaryl/α,β-unsaturated/α-hetero) is 1.